The summed E-state index contributed by atoms with van der Waals surface area (Å²) in [5.41, 5.74) is -0.0204. The highest BCUT2D eigenvalue weighted by Crippen LogP contribution is 2.15. The number of benzene rings is 1. The van der Waals surface area contributed by atoms with E-state index in [-0.39, 0.29) is 24.4 Å². The van der Waals surface area contributed by atoms with Crippen LogP contribution in [0.15, 0.2) is 22.7 Å². The van der Waals surface area contributed by atoms with E-state index in [1.807, 2.05) is 0 Å². The lowest BCUT2D eigenvalue weighted by molar-refractivity contribution is -0.129. The molecule has 1 N–H and O–H groups in total. The number of halogens is 2. The SMILES string of the molecule is O=C(NCCC(=O)N1CCCC1)c1cc(Br)ccc1F. The molecule has 1 aromatic rings. The number of nitrogens with zero attached hydrogens (tertiary/aromatic N) is 1. The molecular weight excluding hydrogens is 327 g/mol. The third-order valence-corrected chi connectivity index (χ3v) is 3.75. The van der Waals surface area contributed by atoms with Crippen molar-refractivity contribution in [1.29, 1.82) is 0 Å². The normalized spacial score (nSPS) is 14.4. The van der Waals surface area contributed by atoms with Crippen molar-refractivity contribution in [3.05, 3.63) is 34.1 Å². The molecule has 6 heteroatoms. The first-order chi connectivity index (χ1) is 9.58. The lowest BCUT2D eigenvalue weighted by Crippen LogP contribution is -2.33. The number of amides is 2. The molecule has 0 bridgehead atoms. The fourth-order valence-electron chi connectivity index (χ4n) is 2.17. The fraction of sp³-hybridized carbons (Fsp3) is 0.429. The quantitative estimate of drug-likeness (QED) is 0.912. The monoisotopic (exact) mass is 342 g/mol. The van der Waals surface area contributed by atoms with Crippen LogP contribution in [-0.2, 0) is 4.79 Å². The Kier molecular flexibility index (Phi) is 5.11. The summed E-state index contributed by atoms with van der Waals surface area (Å²) in [6.45, 7) is 1.82. The molecule has 1 heterocycles. The molecule has 1 fully saturated rings. The van der Waals surface area contributed by atoms with Crippen LogP contribution >= 0.6 is 15.9 Å². The van der Waals surface area contributed by atoms with Crippen LogP contribution in [0.5, 0.6) is 0 Å². The smallest absolute Gasteiger partial charge is 0.254 e. The van der Waals surface area contributed by atoms with E-state index in [4.69, 9.17) is 0 Å². The van der Waals surface area contributed by atoms with Crippen LogP contribution < -0.4 is 5.32 Å². The van der Waals surface area contributed by atoms with Gasteiger partial charge >= 0.3 is 0 Å². The molecule has 0 spiro atoms. The van der Waals surface area contributed by atoms with Crippen LogP contribution in [0, 0.1) is 5.82 Å². The number of nitrogens with one attached hydrogen (secondary N) is 1. The van der Waals surface area contributed by atoms with Crippen molar-refractivity contribution >= 4 is 27.7 Å². The third-order valence-electron chi connectivity index (χ3n) is 3.26. The van der Waals surface area contributed by atoms with Gasteiger partial charge in [-0.1, -0.05) is 15.9 Å². The van der Waals surface area contributed by atoms with Crippen molar-refractivity contribution in [2.24, 2.45) is 0 Å². The van der Waals surface area contributed by atoms with E-state index in [9.17, 15) is 14.0 Å². The molecule has 4 nitrogen and oxygen atoms in total. The minimum absolute atomic E-state index is 0.0204. The molecule has 0 unspecified atom stereocenters. The van der Waals surface area contributed by atoms with E-state index >= 15 is 0 Å². The minimum atomic E-state index is -0.573. The summed E-state index contributed by atoms with van der Waals surface area (Å²) in [5.74, 6) is -1.04. The van der Waals surface area contributed by atoms with Crippen LogP contribution in [0.3, 0.4) is 0 Å². The molecule has 0 saturated carbocycles. The summed E-state index contributed by atoms with van der Waals surface area (Å²) in [6.07, 6.45) is 2.34. The van der Waals surface area contributed by atoms with Crippen molar-refractivity contribution in [3.63, 3.8) is 0 Å². The van der Waals surface area contributed by atoms with Gasteiger partial charge in [0.15, 0.2) is 0 Å². The zero-order valence-electron chi connectivity index (χ0n) is 11.0. The number of likely N-dealkylation sites (tertiary alicyclic amines) is 1. The molecule has 0 aliphatic carbocycles. The topological polar surface area (TPSA) is 49.4 Å². The summed E-state index contributed by atoms with van der Waals surface area (Å²) >= 11 is 3.19. The summed E-state index contributed by atoms with van der Waals surface area (Å²) in [7, 11) is 0. The number of carbonyl (C=O) groups is 2. The zero-order valence-corrected chi connectivity index (χ0v) is 12.6. The van der Waals surface area contributed by atoms with Gasteiger partial charge in [0.25, 0.3) is 5.91 Å². The van der Waals surface area contributed by atoms with Crippen LogP contribution in [0.4, 0.5) is 4.39 Å². The molecule has 0 aromatic heterocycles. The van der Waals surface area contributed by atoms with E-state index in [0.29, 0.717) is 4.47 Å². The van der Waals surface area contributed by atoms with Gasteiger partial charge in [-0.3, -0.25) is 9.59 Å². The standard InChI is InChI=1S/C14H16BrFN2O2/c15-10-3-4-12(16)11(9-10)14(20)17-6-5-13(19)18-7-1-2-8-18/h3-4,9H,1-2,5-8H2,(H,17,20). The van der Waals surface area contributed by atoms with Crippen molar-refractivity contribution < 1.29 is 14.0 Å². The Morgan fingerprint density at radius 3 is 2.70 bits per heavy atom. The Morgan fingerprint density at radius 1 is 1.30 bits per heavy atom. The molecule has 1 aliphatic heterocycles. The molecule has 2 rings (SSSR count). The first kappa shape index (κ1) is 15.0. The summed E-state index contributed by atoms with van der Waals surface area (Å²) in [5, 5.41) is 2.57. The van der Waals surface area contributed by atoms with Gasteiger partial charge in [-0.05, 0) is 31.0 Å². The predicted octanol–water partition coefficient (Wildman–Crippen LogP) is 2.33. The van der Waals surface area contributed by atoms with Gasteiger partial charge in [-0.15, -0.1) is 0 Å². The Morgan fingerprint density at radius 2 is 2.00 bits per heavy atom. The number of hydrogen-bond acceptors (Lipinski definition) is 2. The Balaban J connectivity index is 1.83. The Hall–Kier alpha value is -1.43. The fourth-order valence-corrected chi connectivity index (χ4v) is 2.54. The van der Waals surface area contributed by atoms with Crippen molar-refractivity contribution in [3.8, 4) is 0 Å². The van der Waals surface area contributed by atoms with Crippen molar-refractivity contribution in [2.45, 2.75) is 19.3 Å². The van der Waals surface area contributed by atoms with Gasteiger partial charge < -0.3 is 10.2 Å². The van der Waals surface area contributed by atoms with E-state index in [2.05, 4.69) is 21.2 Å². The van der Waals surface area contributed by atoms with E-state index in [0.717, 1.165) is 25.9 Å². The molecule has 108 valence electrons. The second-order valence-electron chi connectivity index (χ2n) is 4.72. The van der Waals surface area contributed by atoms with E-state index in [1.54, 1.807) is 4.90 Å². The lowest BCUT2D eigenvalue weighted by atomic mass is 10.2. The Labute approximate surface area is 125 Å². The van der Waals surface area contributed by atoms with Gasteiger partial charge in [0.05, 0.1) is 5.56 Å². The molecule has 0 radical (unpaired) electrons. The maximum Gasteiger partial charge on any atom is 0.254 e. The number of carbonyl (C=O) groups excluding carboxylic acids is 2. The van der Waals surface area contributed by atoms with Gasteiger partial charge in [0.1, 0.15) is 5.82 Å². The maximum atomic E-state index is 13.5. The third kappa shape index (κ3) is 3.79. The molecule has 20 heavy (non-hydrogen) atoms. The highest BCUT2D eigenvalue weighted by atomic mass is 79.9. The average Bonchev–Trinajstić information content (AvgIpc) is 2.95. The molecule has 1 aromatic carbocycles. The highest BCUT2D eigenvalue weighted by molar-refractivity contribution is 9.10. The second-order valence-corrected chi connectivity index (χ2v) is 5.63. The summed E-state index contributed by atoms with van der Waals surface area (Å²) < 4.78 is 14.1. The minimum Gasteiger partial charge on any atom is -0.351 e. The number of rotatable bonds is 4. The van der Waals surface area contributed by atoms with Crippen LogP contribution in [-0.4, -0.2) is 36.3 Å². The average molecular weight is 343 g/mol. The van der Waals surface area contributed by atoms with Gasteiger partial charge in [-0.2, -0.15) is 0 Å². The number of hydrogen-bond donors (Lipinski definition) is 1. The van der Waals surface area contributed by atoms with E-state index in [1.165, 1.54) is 18.2 Å². The highest BCUT2D eigenvalue weighted by Gasteiger charge is 2.18. The molecular formula is C14H16BrFN2O2. The predicted molar refractivity (Wildman–Crippen MR) is 76.9 cm³/mol. The Bertz CT molecular complexity index is 516. The van der Waals surface area contributed by atoms with Crippen LogP contribution in [0.2, 0.25) is 0 Å². The molecule has 1 aliphatic rings. The summed E-state index contributed by atoms with van der Waals surface area (Å²) in [4.78, 5) is 25.4. The van der Waals surface area contributed by atoms with Gasteiger partial charge in [0, 0.05) is 30.5 Å². The zero-order chi connectivity index (χ0) is 14.5. The first-order valence-electron chi connectivity index (χ1n) is 6.59. The van der Waals surface area contributed by atoms with Crippen LogP contribution in [0.25, 0.3) is 0 Å². The van der Waals surface area contributed by atoms with Crippen molar-refractivity contribution in [2.75, 3.05) is 19.6 Å². The first-order valence-corrected chi connectivity index (χ1v) is 7.38. The molecule has 2 amide bonds. The van der Waals surface area contributed by atoms with Crippen molar-refractivity contribution in [1.82, 2.24) is 10.2 Å². The lowest BCUT2D eigenvalue weighted by Gasteiger charge is -2.15. The molecule has 1 saturated heterocycles. The summed E-state index contributed by atoms with van der Waals surface area (Å²) in [6, 6.07) is 4.18. The van der Waals surface area contributed by atoms with Gasteiger partial charge in [0.2, 0.25) is 5.91 Å². The van der Waals surface area contributed by atoms with E-state index < -0.39 is 11.7 Å². The maximum absolute atomic E-state index is 13.5. The van der Waals surface area contributed by atoms with Gasteiger partial charge in [-0.25, -0.2) is 4.39 Å². The second kappa shape index (κ2) is 6.83. The van der Waals surface area contributed by atoms with Crippen LogP contribution in [0.1, 0.15) is 29.6 Å². The largest absolute Gasteiger partial charge is 0.351 e. The molecule has 0 atom stereocenters.